The van der Waals surface area contributed by atoms with E-state index in [0.29, 0.717) is 6.42 Å². The number of carbonyl (C=O) groups is 1. The molecule has 2 aliphatic rings. The number of benzene rings is 1. The number of hydrogen-bond donors (Lipinski definition) is 0. The number of aryl methyl sites for hydroxylation is 2. The Balaban J connectivity index is 1.22. The fourth-order valence-electron chi connectivity index (χ4n) is 5.87. The van der Waals surface area contributed by atoms with Gasteiger partial charge in [-0.2, -0.15) is 5.10 Å². The summed E-state index contributed by atoms with van der Waals surface area (Å²) in [5.41, 5.74) is 5.12. The van der Waals surface area contributed by atoms with Gasteiger partial charge in [0, 0.05) is 49.4 Å². The summed E-state index contributed by atoms with van der Waals surface area (Å²) in [4.78, 5) is 22.7. The smallest absolute Gasteiger partial charge is 0.222 e. The third kappa shape index (κ3) is 4.77. The molecule has 3 heterocycles. The molecule has 2 fully saturated rings. The predicted octanol–water partition coefficient (Wildman–Crippen LogP) is 4.55. The van der Waals surface area contributed by atoms with Crippen molar-refractivity contribution in [2.75, 3.05) is 32.7 Å². The number of nitrogens with zero attached hydrogens (tertiary/aromatic N) is 5. The predicted molar refractivity (Wildman–Crippen MR) is 133 cm³/mol. The van der Waals surface area contributed by atoms with Crippen molar-refractivity contribution in [3.63, 3.8) is 0 Å². The van der Waals surface area contributed by atoms with E-state index in [-0.39, 0.29) is 5.91 Å². The molecule has 176 valence electrons. The highest BCUT2D eigenvalue weighted by Crippen LogP contribution is 2.25. The summed E-state index contributed by atoms with van der Waals surface area (Å²) in [5.74, 6) is 1.15. The summed E-state index contributed by atoms with van der Waals surface area (Å²) < 4.78 is 1.95. The van der Waals surface area contributed by atoms with Crippen molar-refractivity contribution in [1.29, 1.82) is 0 Å². The van der Waals surface area contributed by atoms with Gasteiger partial charge < -0.3 is 9.80 Å². The summed E-state index contributed by atoms with van der Waals surface area (Å²) in [7, 11) is 0. The van der Waals surface area contributed by atoms with Gasteiger partial charge in [0.1, 0.15) is 0 Å². The van der Waals surface area contributed by atoms with Crippen LogP contribution >= 0.6 is 0 Å². The first-order valence-corrected chi connectivity index (χ1v) is 12.8. The molecule has 0 bridgehead atoms. The lowest BCUT2D eigenvalue weighted by Crippen LogP contribution is -2.37. The van der Waals surface area contributed by atoms with Gasteiger partial charge in [0.25, 0.3) is 0 Å². The number of rotatable bonds is 5. The van der Waals surface area contributed by atoms with Gasteiger partial charge in [-0.25, -0.2) is 9.50 Å². The molecule has 33 heavy (non-hydrogen) atoms. The van der Waals surface area contributed by atoms with E-state index in [1.807, 2.05) is 22.7 Å². The van der Waals surface area contributed by atoms with Gasteiger partial charge in [-0.05, 0) is 69.7 Å². The van der Waals surface area contributed by atoms with Crippen LogP contribution in [0.3, 0.4) is 0 Å². The molecule has 6 nitrogen and oxygen atoms in total. The lowest BCUT2D eigenvalue weighted by Gasteiger charge is -2.28. The average Bonchev–Trinajstić information content (AvgIpc) is 3.03. The maximum absolute atomic E-state index is 13.1. The van der Waals surface area contributed by atoms with Crippen molar-refractivity contribution in [2.24, 2.45) is 5.92 Å². The van der Waals surface area contributed by atoms with E-state index in [1.165, 1.54) is 38.6 Å². The number of carbonyl (C=O) groups excluding carboxylic acids is 1. The number of hydrogen-bond acceptors (Lipinski definition) is 4. The molecule has 1 aliphatic carbocycles. The van der Waals surface area contributed by atoms with E-state index >= 15 is 0 Å². The summed E-state index contributed by atoms with van der Waals surface area (Å²) in [5, 5.41) is 5.83. The van der Waals surface area contributed by atoms with E-state index in [2.05, 4.69) is 29.7 Å². The van der Waals surface area contributed by atoms with Crippen molar-refractivity contribution in [2.45, 2.75) is 65.2 Å². The Kier molecular flexibility index (Phi) is 6.63. The van der Waals surface area contributed by atoms with Gasteiger partial charge in [0.15, 0.2) is 5.65 Å². The standard InChI is InChI=1S/C27H37N5O/c1-20-23(21(2)32-27(28-20)24-11-6-7-12-25(24)29-32)13-14-26(33)31-16-8-15-30(17-18-31)19-22-9-4-3-5-10-22/h6-7,11-12,22H,3-5,8-10,13-19H2,1-2H3. The molecule has 0 unspecified atom stereocenters. The Morgan fingerprint density at radius 1 is 1.00 bits per heavy atom. The zero-order valence-electron chi connectivity index (χ0n) is 20.2. The van der Waals surface area contributed by atoms with E-state index in [9.17, 15) is 4.79 Å². The molecule has 1 aromatic carbocycles. The fourth-order valence-corrected chi connectivity index (χ4v) is 5.87. The Morgan fingerprint density at radius 3 is 2.67 bits per heavy atom. The number of fused-ring (bicyclic) bond motifs is 3. The molecule has 0 atom stereocenters. The molecule has 1 amide bonds. The molecule has 0 N–H and O–H groups in total. The third-order valence-corrected chi connectivity index (χ3v) is 7.79. The summed E-state index contributed by atoms with van der Waals surface area (Å²) in [6.07, 6.45) is 9.34. The van der Waals surface area contributed by atoms with Gasteiger partial charge in [0.2, 0.25) is 5.91 Å². The molecule has 1 aliphatic heterocycles. The highest BCUT2D eigenvalue weighted by atomic mass is 16.2. The Morgan fingerprint density at radius 2 is 1.82 bits per heavy atom. The Bertz CT molecular complexity index is 1130. The second kappa shape index (κ2) is 9.80. The summed E-state index contributed by atoms with van der Waals surface area (Å²) in [6.45, 7) is 9.29. The monoisotopic (exact) mass is 447 g/mol. The van der Waals surface area contributed by atoms with Crippen LogP contribution in [-0.4, -0.2) is 63.0 Å². The van der Waals surface area contributed by atoms with Crippen molar-refractivity contribution in [3.05, 3.63) is 41.2 Å². The van der Waals surface area contributed by atoms with Crippen LogP contribution in [0.2, 0.25) is 0 Å². The molecular weight excluding hydrogens is 410 g/mol. The SMILES string of the molecule is Cc1nc2c3ccccc3nn2c(C)c1CCC(=O)N1CCCN(CC2CCCCC2)CC1. The second-order valence-corrected chi connectivity index (χ2v) is 10.1. The van der Waals surface area contributed by atoms with Crippen LogP contribution in [0.1, 0.15) is 61.9 Å². The van der Waals surface area contributed by atoms with Gasteiger partial charge >= 0.3 is 0 Å². The van der Waals surface area contributed by atoms with Gasteiger partial charge in [-0.1, -0.05) is 31.4 Å². The minimum absolute atomic E-state index is 0.277. The van der Waals surface area contributed by atoms with Crippen LogP contribution in [-0.2, 0) is 11.2 Å². The van der Waals surface area contributed by atoms with Crippen molar-refractivity contribution in [1.82, 2.24) is 24.4 Å². The number of amides is 1. The first-order valence-electron chi connectivity index (χ1n) is 12.8. The largest absolute Gasteiger partial charge is 0.341 e. The van der Waals surface area contributed by atoms with E-state index < -0.39 is 0 Å². The lowest BCUT2D eigenvalue weighted by molar-refractivity contribution is -0.131. The topological polar surface area (TPSA) is 53.7 Å². The minimum Gasteiger partial charge on any atom is -0.341 e. The first-order chi connectivity index (χ1) is 16.1. The molecule has 6 heteroatoms. The third-order valence-electron chi connectivity index (χ3n) is 7.79. The number of aromatic nitrogens is 3. The van der Waals surface area contributed by atoms with Crippen LogP contribution in [0.5, 0.6) is 0 Å². The Hall–Kier alpha value is -2.47. The highest BCUT2D eigenvalue weighted by Gasteiger charge is 2.23. The van der Waals surface area contributed by atoms with Crippen LogP contribution in [0, 0.1) is 19.8 Å². The quantitative estimate of drug-likeness (QED) is 0.576. The minimum atomic E-state index is 0.277. The zero-order chi connectivity index (χ0) is 22.8. The Labute approximate surface area is 197 Å². The average molecular weight is 448 g/mol. The fraction of sp³-hybridized carbons (Fsp3) is 0.593. The molecule has 5 rings (SSSR count). The van der Waals surface area contributed by atoms with Crippen LogP contribution < -0.4 is 0 Å². The molecule has 2 aromatic heterocycles. The molecule has 3 aromatic rings. The van der Waals surface area contributed by atoms with E-state index in [0.717, 1.165) is 78.4 Å². The lowest BCUT2D eigenvalue weighted by atomic mass is 9.89. The zero-order valence-corrected chi connectivity index (χ0v) is 20.2. The molecule has 0 spiro atoms. The molecule has 1 saturated heterocycles. The molecular formula is C27H37N5O. The van der Waals surface area contributed by atoms with Crippen LogP contribution in [0.15, 0.2) is 24.3 Å². The molecule has 0 radical (unpaired) electrons. The van der Waals surface area contributed by atoms with Crippen molar-refractivity contribution < 1.29 is 4.79 Å². The molecule has 1 saturated carbocycles. The van der Waals surface area contributed by atoms with Gasteiger partial charge in [-0.3, -0.25) is 4.79 Å². The van der Waals surface area contributed by atoms with Gasteiger partial charge in [0.05, 0.1) is 5.52 Å². The maximum Gasteiger partial charge on any atom is 0.222 e. The van der Waals surface area contributed by atoms with Crippen molar-refractivity contribution >= 4 is 22.5 Å². The van der Waals surface area contributed by atoms with Crippen LogP contribution in [0.25, 0.3) is 16.6 Å². The second-order valence-electron chi connectivity index (χ2n) is 10.1. The first kappa shape index (κ1) is 22.3. The van der Waals surface area contributed by atoms with E-state index in [4.69, 9.17) is 10.1 Å². The van der Waals surface area contributed by atoms with Crippen LogP contribution in [0.4, 0.5) is 0 Å². The normalized spacial score (nSPS) is 18.8. The highest BCUT2D eigenvalue weighted by molar-refractivity contribution is 5.92. The van der Waals surface area contributed by atoms with E-state index in [1.54, 1.807) is 0 Å². The maximum atomic E-state index is 13.1. The van der Waals surface area contributed by atoms with Crippen molar-refractivity contribution in [3.8, 4) is 0 Å². The summed E-state index contributed by atoms with van der Waals surface area (Å²) in [6, 6.07) is 8.14. The summed E-state index contributed by atoms with van der Waals surface area (Å²) >= 11 is 0. The van der Waals surface area contributed by atoms with Gasteiger partial charge in [-0.15, -0.1) is 0 Å².